The van der Waals surface area contributed by atoms with Crippen LogP contribution in [0.15, 0.2) is 42.7 Å². The topological polar surface area (TPSA) is 83.0 Å². The molecule has 2 N–H and O–H groups in total. The number of amides is 1. The summed E-state index contributed by atoms with van der Waals surface area (Å²) < 4.78 is 19.8. The highest BCUT2D eigenvalue weighted by Gasteiger charge is 2.08. The molecule has 0 bridgehead atoms. The molecule has 0 aliphatic heterocycles. The van der Waals surface area contributed by atoms with E-state index in [4.69, 9.17) is 10.5 Å². The number of benzene rings is 1. The zero-order chi connectivity index (χ0) is 14.8. The normalized spacial score (nSPS) is 10.7. The molecule has 0 aliphatic rings. The Kier molecular flexibility index (Phi) is 3.23. The van der Waals surface area contributed by atoms with Crippen molar-refractivity contribution in [2.24, 2.45) is 5.73 Å². The van der Waals surface area contributed by atoms with Gasteiger partial charge in [-0.1, -0.05) is 0 Å². The number of fused-ring (bicyclic) bond motifs is 1. The average Bonchev–Trinajstić information content (AvgIpc) is 2.83. The van der Waals surface area contributed by atoms with Gasteiger partial charge in [-0.05, 0) is 24.3 Å². The number of hydrogen-bond donors (Lipinski definition) is 1. The molecule has 21 heavy (non-hydrogen) atoms. The summed E-state index contributed by atoms with van der Waals surface area (Å²) in [6.45, 7) is -0.0106. The molecule has 106 valence electrons. The van der Waals surface area contributed by atoms with Gasteiger partial charge < -0.3 is 10.5 Å². The van der Waals surface area contributed by atoms with Crippen molar-refractivity contribution in [3.8, 4) is 11.6 Å². The van der Waals surface area contributed by atoms with Gasteiger partial charge in [0.2, 0.25) is 11.8 Å². The summed E-state index contributed by atoms with van der Waals surface area (Å²) in [5, 5.41) is 4.83. The van der Waals surface area contributed by atoms with Crippen LogP contribution in [-0.4, -0.2) is 20.7 Å². The van der Waals surface area contributed by atoms with Gasteiger partial charge in [-0.2, -0.15) is 5.10 Å². The number of nitrogens with two attached hydrogens (primary N) is 1. The van der Waals surface area contributed by atoms with E-state index in [2.05, 4.69) is 10.1 Å². The number of aromatic nitrogens is 3. The Labute approximate surface area is 119 Å². The average molecular weight is 286 g/mol. The molecule has 0 saturated carbocycles. The number of primary amides is 1. The minimum atomic E-state index is -0.480. The number of nitrogens with zero attached hydrogens (tertiary/aromatic N) is 3. The van der Waals surface area contributed by atoms with Gasteiger partial charge in [-0.3, -0.25) is 9.48 Å². The summed E-state index contributed by atoms with van der Waals surface area (Å²) in [5.74, 6) is 0.0191. The Hall–Kier alpha value is -2.96. The highest BCUT2D eigenvalue weighted by atomic mass is 19.1. The fourth-order valence-electron chi connectivity index (χ4n) is 1.91. The second-order valence-electron chi connectivity index (χ2n) is 4.41. The van der Waals surface area contributed by atoms with Crippen LogP contribution in [0.5, 0.6) is 11.6 Å². The first-order valence-electron chi connectivity index (χ1n) is 6.15. The number of rotatable bonds is 4. The maximum absolute atomic E-state index is 12.8. The molecule has 0 saturated heterocycles. The van der Waals surface area contributed by atoms with Crippen molar-refractivity contribution in [2.45, 2.75) is 6.54 Å². The van der Waals surface area contributed by atoms with Gasteiger partial charge in [0, 0.05) is 11.5 Å². The molecule has 0 radical (unpaired) electrons. The van der Waals surface area contributed by atoms with Crippen LogP contribution in [0.4, 0.5) is 4.39 Å². The largest absolute Gasteiger partial charge is 0.439 e. The molecule has 0 spiro atoms. The summed E-state index contributed by atoms with van der Waals surface area (Å²) in [6.07, 6.45) is 3.14. The van der Waals surface area contributed by atoms with Crippen molar-refractivity contribution in [1.29, 1.82) is 0 Å². The number of carbonyl (C=O) groups is 1. The standard InChI is InChI=1S/C14H11FN4O2/c15-10-1-3-11(4-2-10)21-14-5-9-6-18-19(8-13(16)20)12(9)7-17-14/h1-7H,8H2,(H2,16,20). The molecule has 1 amide bonds. The third-order valence-corrected chi connectivity index (χ3v) is 2.84. The monoisotopic (exact) mass is 286 g/mol. The van der Waals surface area contributed by atoms with Crippen molar-refractivity contribution >= 4 is 16.8 Å². The van der Waals surface area contributed by atoms with E-state index in [1.54, 1.807) is 18.5 Å². The SMILES string of the molecule is NC(=O)Cn1ncc2cc(Oc3ccc(F)cc3)ncc21. The van der Waals surface area contributed by atoms with E-state index >= 15 is 0 Å². The second-order valence-corrected chi connectivity index (χ2v) is 4.41. The number of ether oxygens (including phenoxy) is 1. The predicted octanol–water partition coefficient (Wildman–Crippen LogP) is 1.85. The Morgan fingerprint density at radius 3 is 2.76 bits per heavy atom. The van der Waals surface area contributed by atoms with Gasteiger partial charge in [0.1, 0.15) is 18.1 Å². The van der Waals surface area contributed by atoms with Crippen molar-refractivity contribution in [2.75, 3.05) is 0 Å². The van der Waals surface area contributed by atoms with Crippen molar-refractivity contribution in [1.82, 2.24) is 14.8 Å². The first kappa shape index (κ1) is 13.0. The first-order valence-corrected chi connectivity index (χ1v) is 6.15. The van der Waals surface area contributed by atoms with Gasteiger partial charge in [0.15, 0.2) is 0 Å². The maximum Gasteiger partial charge on any atom is 0.239 e. The zero-order valence-electron chi connectivity index (χ0n) is 10.9. The van der Waals surface area contributed by atoms with E-state index in [1.807, 2.05) is 0 Å². The molecule has 3 rings (SSSR count). The minimum absolute atomic E-state index is 0.0106. The Balaban J connectivity index is 1.87. The lowest BCUT2D eigenvalue weighted by molar-refractivity contribution is -0.118. The lowest BCUT2D eigenvalue weighted by atomic mass is 10.3. The Morgan fingerprint density at radius 1 is 1.29 bits per heavy atom. The Bertz CT molecular complexity index is 798. The van der Waals surface area contributed by atoms with Crippen LogP contribution in [0.3, 0.4) is 0 Å². The molecule has 1 aromatic carbocycles. The highest BCUT2D eigenvalue weighted by molar-refractivity contribution is 5.81. The van der Waals surface area contributed by atoms with E-state index in [0.29, 0.717) is 17.1 Å². The van der Waals surface area contributed by atoms with E-state index in [0.717, 1.165) is 5.39 Å². The van der Waals surface area contributed by atoms with Gasteiger partial charge >= 0.3 is 0 Å². The molecule has 2 heterocycles. The fourth-order valence-corrected chi connectivity index (χ4v) is 1.91. The molecule has 6 nitrogen and oxygen atoms in total. The van der Waals surface area contributed by atoms with E-state index in [1.165, 1.54) is 28.9 Å². The molecule has 0 atom stereocenters. The molecule has 2 aromatic heterocycles. The summed E-state index contributed by atoms with van der Waals surface area (Å²) in [7, 11) is 0. The first-order chi connectivity index (χ1) is 10.1. The summed E-state index contributed by atoms with van der Waals surface area (Å²) in [6, 6.07) is 7.32. The summed E-state index contributed by atoms with van der Waals surface area (Å²) in [4.78, 5) is 15.1. The lowest BCUT2D eigenvalue weighted by Crippen LogP contribution is -2.19. The minimum Gasteiger partial charge on any atom is -0.439 e. The van der Waals surface area contributed by atoms with Crippen LogP contribution in [0, 0.1) is 5.82 Å². The molecule has 0 fully saturated rings. The van der Waals surface area contributed by atoms with Crippen molar-refractivity contribution in [3.63, 3.8) is 0 Å². The smallest absolute Gasteiger partial charge is 0.239 e. The van der Waals surface area contributed by atoms with Crippen LogP contribution >= 0.6 is 0 Å². The lowest BCUT2D eigenvalue weighted by Gasteiger charge is -2.05. The fraction of sp³-hybridized carbons (Fsp3) is 0.0714. The summed E-state index contributed by atoms with van der Waals surface area (Å²) in [5.41, 5.74) is 5.82. The van der Waals surface area contributed by atoms with Gasteiger partial charge in [0.05, 0.1) is 17.9 Å². The molecule has 0 aliphatic carbocycles. The van der Waals surface area contributed by atoms with Crippen LogP contribution in [0.25, 0.3) is 10.9 Å². The molecule has 0 unspecified atom stereocenters. The number of carbonyl (C=O) groups excluding carboxylic acids is 1. The molecule has 7 heteroatoms. The third-order valence-electron chi connectivity index (χ3n) is 2.84. The zero-order valence-corrected chi connectivity index (χ0v) is 10.9. The third kappa shape index (κ3) is 2.81. The van der Waals surface area contributed by atoms with Gasteiger partial charge in [-0.25, -0.2) is 9.37 Å². The number of pyridine rings is 1. The van der Waals surface area contributed by atoms with Gasteiger partial charge in [0.25, 0.3) is 0 Å². The quantitative estimate of drug-likeness (QED) is 0.793. The maximum atomic E-state index is 12.8. The summed E-state index contributed by atoms with van der Waals surface area (Å²) >= 11 is 0. The molecular formula is C14H11FN4O2. The number of hydrogen-bond acceptors (Lipinski definition) is 4. The molecular weight excluding hydrogens is 275 g/mol. The highest BCUT2D eigenvalue weighted by Crippen LogP contribution is 2.23. The Morgan fingerprint density at radius 2 is 2.05 bits per heavy atom. The van der Waals surface area contributed by atoms with Crippen LogP contribution < -0.4 is 10.5 Å². The van der Waals surface area contributed by atoms with Crippen LogP contribution in [-0.2, 0) is 11.3 Å². The van der Waals surface area contributed by atoms with Crippen molar-refractivity contribution in [3.05, 3.63) is 48.5 Å². The number of halogens is 1. The van der Waals surface area contributed by atoms with E-state index in [9.17, 15) is 9.18 Å². The predicted molar refractivity (Wildman–Crippen MR) is 73.2 cm³/mol. The van der Waals surface area contributed by atoms with E-state index < -0.39 is 5.91 Å². The molecule has 3 aromatic rings. The van der Waals surface area contributed by atoms with E-state index in [-0.39, 0.29) is 12.4 Å². The van der Waals surface area contributed by atoms with Crippen molar-refractivity contribution < 1.29 is 13.9 Å². The second kappa shape index (κ2) is 5.20. The van der Waals surface area contributed by atoms with Crippen LogP contribution in [0.1, 0.15) is 0 Å². The van der Waals surface area contributed by atoms with Gasteiger partial charge in [-0.15, -0.1) is 0 Å². The van der Waals surface area contributed by atoms with Crippen LogP contribution in [0.2, 0.25) is 0 Å².